The molecule has 0 aliphatic rings. The minimum atomic E-state index is -0.898. The van der Waals surface area contributed by atoms with Gasteiger partial charge in [0.2, 0.25) is 0 Å². The third kappa shape index (κ3) is 4.12. The molecule has 1 atom stereocenters. The fourth-order valence-electron chi connectivity index (χ4n) is 1.28. The van der Waals surface area contributed by atoms with Gasteiger partial charge in [-0.1, -0.05) is 0 Å². The number of carbonyl (C=O) groups excluding carboxylic acids is 2. The summed E-state index contributed by atoms with van der Waals surface area (Å²) in [6.45, 7) is 1.48. The van der Waals surface area contributed by atoms with E-state index < -0.39 is 29.7 Å². The third-order valence-electron chi connectivity index (χ3n) is 2.09. The number of ether oxygens (including phenoxy) is 2. The first kappa shape index (κ1) is 14.1. The van der Waals surface area contributed by atoms with Crippen LogP contribution in [0.5, 0.6) is 0 Å². The first-order valence-corrected chi connectivity index (χ1v) is 5.16. The lowest BCUT2D eigenvalue weighted by molar-refractivity contribution is -0.142. The maximum Gasteiger partial charge on any atom is 0.338 e. The van der Waals surface area contributed by atoms with Crippen LogP contribution in [0.3, 0.4) is 0 Å². The highest BCUT2D eigenvalue weighted by Crippen LogP contribution is 2.11. The Morgan fingerprint density at radius 2 is 1.78 bits per heavy atom. The van der Waals surface area contributed by atoms with Gasteiger partial charge in [0.25, 0.3) is 0 Å². The Hall–Kier alpha value is -1.98. The molecule has 0 N–H and O–H groups in total. The Balaban J connectivity index is 2.67. The zero-order chi connectivity index (χ0) is 13.7. The number of rotatable bonds is 4. The van der Waals surface area contributed by atoms with Crippen LogP contribution < -0.4 is 0 Å². The lowest BCUT2D eigenvalue weighted by atomic mass is 10.2. The summed E-state index contributed by atoms with van der Waals surface area (Å²) in [5.74, 6) is -3.18. The molecule has 1 aromatic carbocycles. The topological polar surface area (TPSA) is 52.6 Å². The highest BCUT2D eigenvalue weighted by atomic mass is 19.1. The fourth-order valence-corrected chi connectivity index (χ4v) is 1.28. The van der Waals surface area contributed by atoms with Crippen LogP contribution in [0.2, 0.25) is 0 Å². The fraction of sp³-hybridized carbons (Fsp3) is 0.333. The average molecular weight is 258 g/mol. The van der Waals surface area contributed by atoms with E-state index in [9.17, 15) is 18.4 Å². The molecule has 0 aromatic heterocycles. The van der Waals surface area contributed by atoms with Gasteiger partial charge in [-0.3, -0.25) is 4.79 Å². The summed E-state index contributed by atoms with van der Waals surface area (Å²) in [6.07, 6.45) is -0.865. The van der Waals surface area contributed by atoms with Crippen molar-refractivity contribution in [2.75, 3.05) is 7.11 Å². The molecule has 1 aromatic rings. The number of methoxy groups -OCH3 is 1. The van der Waals surface area contributed by atoms with E-state index in [-0.39, 0.29) is 12.0 Å². The Kier molecular flexibility index (Phi) is 4.76. The van der Waals surface area contributed by atoms with E-state index >= 15 is 0 Å². The predicted molar refractivity (Wildman–Crippen MR) is 57.9 cm³/mol. The largest absolute Gasteiger partial charge is 0.469 e. The SMILES string of the molecule is COC(=O)C[C@@H](C)OC(=O)c1cc(F)cc(F)c1. The molecule has 0 heterocycles. The van der Waals surface area contributed by atoms with Crippen molar-refractivity contribution in [3.63, 3.8) is 0 Å². The van der Waals surface area contributed by atoms with Crippen molar-refractivity contribution in [1.29, 1.82) is 0 Å². The number of carbonyl (C=O) groups is 2. The molecule has 6 heteroatoms. The summed E-state index contributed by atoms with van der Waals surface area (Å²) >= 11 is 0. The van der Waals surface area contributed by atoms with E-state index in [0.717, 1.165) is 12.1 Å². The molecule has 0 aliphatic heterocycles. The van der Waals surface area contributed by atoms with Crippen molar-refractivity contribution in [3.05, 3.63) is 35.4 Å². The zero-order valence-corrected chi connectivity index (χ0v) is 9.91. The van der Waals surface area contributed by atoms with Crippen LogP contribution in [-0.2, 0) is 14.3 Å². The number of benzene rings is 1. The van der Waals surface area contributed by atoms with E-state index in [1.54, 1.807) is 0 Å². The third-order valence-corrected chi connectivity index (χ3v) is 2.09. The molecule has 0 radical (unpaired) electrons. The summed E-state index contributed by atoms with van der Waals surface area (Å²) in [7, 11) is 1.21. The normalized spacial score (nSPS) is 11.8. The summed E-state index contributed by atoms with van der Waals surface area (Å²) in [6, 6.07) is 2.36. The first-order chi connectivity index (χ1) is 8.42. The number of halogens is 2. The minimum absolute atomic E-state index is 0.125. The lowest BCUT2D eigenvalue weighted by Gasteiger charge is -2.12. The molecule has 0 spiro atoms. The highest BCUT2D eigenvalue weighted by Gasteiger charge is 2.16. The minimum Gasteiger partial charge on any atom is -0.469 e. The summed E-state index contributed by atoms with van der Waals surface area (Å²) in [5.41, 5.74) is -0.246. The number of hydrogen-bond acceptors (Lipinski definition) is 4. The summed E-state index contributed by atoms with van der Waals surface area (Å²) < 4.78 is 35.0. The molecule has 0 bridgehead atoms. The van der Waals surface area contributed by atoms with Gasteiger partial charge in [0.05, 0.1) is 19.1 Å². The molecule has 98 valence electrons. The van der Waals surface area contributed by atoms with Gasteiger partial charge < -0.3 is 9.47 Å². The van der Waals surface area contributed by atoms with Crippen LogP contribution in [0.25, 0.3) is 0 Å². The average Bonchev–Trinajstić information content (AvgIpc) is 2.27. The molecular formula is C12H12F2O4. The first-order valence-electron chi connectivity index (χ1n) is 5.16. The molecule has 0 aliphatic carbocycles. The Morgan fingerprint density at radius 1 is 1.22 bits per heavy atom. The van der Waals surface area contributed by atoms with Gasteiger partial charge in [-0.05, 0) is 19.1 Å². The summed E-state index contributed by atoms with van der Waals surface area (Å²) in [4.78, 5) is 22.4. The zero-order valence-electron chi connectivity index (χ0n) is 9.91. The van der Waals surface area contributed by atoms with Crippen LogP contribution in [-0.4, -0.2) is 25.2 Å². The molecular weight excluding hydrogens is 246 g/mol. The number of esters is 2. The van der Waals surface area contributed by atoms with Crippen LogP contribution >= 0.6 is 0 Å². The van der Waals surface area contributed by atoms with Gasteiger partial charge in [0, 0.05) is 6.07 Å². The van der Waals surface area contributed by atoms with E-state index in [1.807, 2.05) is 0 Å². The molecule has 18 heavy (non-hydrogen) atoms. The molecule has 0 fully saturated rings. The molecule has 0 amide bonds. The molecule has 0 saturated carbocycles. The van der Waals surface area contributed by atoms with Crippen molar-refractivity contribution in [3.8, 4) is 0 Å². The van der Waals surface area contributed by atoms with E-state index in [4.69, 9.17) is 4.74 Å². The van der Waals surface area contributed by atoms with Gasteiger partial charge in [-0.25, -0.2) is 13.6 Å². The quantitative estimate of drug-likeness (QED) is 0.776. The maximum absolute atomic E-state index is 12.9. The van der Waals surface area contributed by atoms with E-state index in [0.29, 0.717) is 6.07 Å². The Morgan fingerprint density at radius 3 is 2.28 bits per heavy atom. The van der Waals surface area contributed by atoms with Crippen molar-refractivity contribution in [2.45, 2.75) is 19.4 Å². The van der Waals surface area contributed by atoms with Crippen LogP contribution in [0.15, 0.2) is 18.2 Å². The second kappa shape index (κ2) is 6.09. The monoisotopic (exact) mass is 258 g/mol. The molecule has 4 nitrogen and oxygen atoms in total. The van der Waals surface area contributed by atoms with Crippen molar-refractivity contribution in [2.24, 2.45) is 0 Å². The molecule has 0 unspecified atom stereocenters. The Bertz CT molecular complexity index is 439. The van der Waals surface area contributed by atoms with Crippen molar-refractivity contribution in [1.82, 2.24) is 0 Å². The maximum atomic E-state index is 12.9. The van der Waals surface area contributed by atoms with Gasteiger partial charge in [0.1, 0.15) is 17.7 Å². The van der Waals surface area contributed by atoms with Crippen LogP contribution in [0.1, 0.15) is 23.7 Å². The van der Waals surface area contributed by atoms with E-state index in [2.05, 4.69) is 4.74 Å². The Labute approximate surface area is 103 Å². The smallest absolute Gasteiger partial charge is 0.338 e. The lowest BCUT2D eigenvalue weighted by Crippen LogP contribution is -2.19. The van der Waals surface area contributed by atoms with Gasteiger partial charge in [-0.15, -0.1) is 0 Å². The van der Waals surface area contributed by atoms with Crippen molar-refractivity contribution < 1.29 is 27.8 Å². The summed E-state index contributed by atoms with van der Waals surface area (Å²) in [5, 5.41) is 0. The van der Waals surface area contributed by atoms with Gasteiger partial charge >= 0.3 is 11.9 Å². The molecule has 0 saturated heterocycles. The highest BCUT2D eigenvalue weighted by molar-refractivity contribution is 5.89. The van der Waals surface area contributed by atoms with Gasteiger partial charge in [-0.2, -0.15) is 0 Å². The second-order valence-electron chi connectivity index (χ2n) is 3.65. The van der Waals surface area contributed by atoms with E-state index in [1.165, 1.54) is 14.0 Å². The standard InChI is InChI=1S/C12H12F2O4/c1-7(3-11(15)17-2)18-12(16)8-4-9(13)6-10(14)5-8/h4-7H,3H2,1-2H3/t7-/m1/s1. The predicted octanol–water partition coefficient (Wildman–Crippen LogP) is 2.07. The second-order valence-corrected chi connectivity index (χ2v) is 3.65. The number of hydrogen-bond donors (Lipinski definition) is 0. The van der Waals surface area contributed by atoms with Crippen molar-refractivity contribution >= 4 is 11.9 Å². The molecule has 1 rings (SSSR count). The van der Waals surface area contributed by atoms with Crippen LogP contribution in [0, 0.1) is 11.6 Å². The van der Waals surface area contributed by atoms with Gasteiger partial charge in [0.15, 0.2) is 0 Å². The van der Waals surface area contributed by atoms with Crippen LogP contribution in [0.4, 0.5) is 8.78 Å².